The Morgan fingerprint density at radius 1 is 1.19 bits per heavy atom. The zero-order valence-electron chi connectivity index (χ0n) is 15.7. The maximum absolute atomic E-state index is 12.8. The molecule has 5 nitrogen and oxygen atoms in total. The van der Waals surface area contributed by atoms with E-state index < -0.39 is 5.92 Å². The van der Waals surface area contributed by atoms with Crippen molar-refractivity contribution < 1.29 is 19.1 Å². The van der Waals surface area contributed by atoms with Gasteiger partial charge in [0.15, 0.2) is 5.78 Å². The molecule has 1 aliphatic heterocycles. The molecule has 1 atom stereocenters. The number of allylic oxidation sites excluding steroid dienone is 3. The molecule has 0 aromatic heterocycles. The molecule has 2 aliphatic rings. The first-order chi connectivity index (χ1) is 12.4. The van der Waals surface area contributed by atoms with E-state index >= 15 is 0 Å². The number of ether oxygens (including phenoxy) is 2. The Balaban J connectivity index is 2.11. The van der Waals surface area contributed by atoms with Crippen molar-refractivity contribution in [3.05, 3.63) is 52.4 Å². The molecule has 26 heavy (non-hydrogen) atoms. The van der Waals surface area contributed by atoms with Crippen LogP contribution in [0.5, 0.6) is 5.75 Å². The molecule has 0 radical (unpaired) electrons. The van der Waals surface area contributed by atoms with Gasteiger partial charge in [-0.15, -0.1) is 0 Å². The van der Waals surface area contributed by atoms with Crippen LogP contribution in [0.1, 0.15) is 51.5 Å². The molecule has 0 amide bonds. The average molecular weight is 355 g/mol. The molecule has 1 N–H and O–H groups in total. The van der Waals surface area contributed by atoms with Crippen LogP contribution in [-0.2, 0) is 14.3 Å². The quantitative estimate of drug-likeness (QED) is 0.836. The summed E-state index contributed by atoms with van der Waals surface area (Å²) >= 11 is 0. The largest absolute Gasteiger partial charge is 0.497 e. The van der Waals surface area contributed by atoms with E-state index in [4.69, 9.17) is 9.47 Å². The topological polar surface area (TPSA) is 64.6 Å². The molecule has 0 unspecified atom stereocenters. The summed E-state index contributed by atoms with van der Waals surface area (Å²) in [5.41, 5.74) is 3.79. The molecule has 1 heterocycles. The molecule has 0 saturated heterocycles. The van der Waals surface area contributed by atoms with Crippen molar-refractivity contribution >= 4 is 11.8 Å². The predicted molar refractivity (Wildman–Crippen MR) is 98.7 cm³/mol. The third kappa shape index (κ3) is 3.39. The van der Waals surface area contributed by atoms with Crippen molar-refractivity contribution in [2.24, 2.45) is 0 Å². The normalized spacial score (nSPS) is 20.0. The van der Waals surface area contributed by atoms with Gasteiger partial charge in [0.25, 0.3) is 0 Å². The van der Waals surface area contributed by atoms with Crippen LogP contribution in [0.3, 0.4) is 0 Å². The Hall–Kier alpha value is -2.56. The van der Waals surface area contributed by atoms with Gasteiger partial charge >= 0.3 is 5.97 Å². The van der Waals surface area contributed by atoms with E-state index in [1.54, 1.807) is 7.11 Å². The Labute approximate surface area is 154 Å². The Morgan fingerprint density at radius 2 is 1.88 bits per heavy atom. The molecule has 0 fully saturated rings. The number of carbonyl (C=O) groups is 2. The second kappa shape index (κ2) is 7.36. The third-order valence-corrected chi connectivity index (χ3v) is 4.79. The SMILES string of the molecule is COc1ccc([C@@H]2C(C(=O)OC(C)C)=C(C)NC3=C2C(=O)CCC3)cc1. The number of Topliss-reactive ketones (excluding diaryl/α,β-unsaturated/α-hetero) is 1. The van der Waals surface area contributed by atoms with Crippen molar-refractivity contribution in [1.82, 2.24) is 5.32 Å². The second-order valence-electron chi connectivity index (χ2n) is 6.99. The second-order valence-corrected chi connectivity index (χ2v) is 6.99. The number of methoxy groups -OCH3 is 1. The lowest BCUT2D eigenvalue weighted by molar-refractivity contribution is -0.143. The van der Waals surface area contributed by atoms with Gasteiger partial charge in [0.1, 0.15) is 5.75 Å². The maximum Gasteiger partial charge on any atom is 0.337 e. The highest BCUT2D eigenvalue weighted by Crippen LogP contribution is 2.42. The molecule has 1 aliphatic carbocycles. The van der Waals surface area contributed by atoms with Crippen molar-refractivity contribution in [3.63, 3.8) is 0 Å². The number of nitrogens with one attached hydrogen (secondary N) is 1. The van der Waals surface area contributed by atoms with Crippen LogP contribution < -0.4 is 10.1 Å². The fourth-order valence-corrected chi connectivity index (χ4v) is 3.66. The molecular formula is C21H25NO4. The van der Waals surface area contributed by atoms with E-state index in [0.29, 0.717) is 17.6 Å². The van der Waals surface area contributed by atoms with E-state index in [0.717, 1.165) is 35.5 Å². The van der Waals surface area contributed by atoms with Crippen LogP contribution in [0.2, 0.25) is 0 Å². The summed E-state index contributed by atoms with van der Waals surface area (Å²) in [4.78, 5) is 25.6. The summed E-state index contributed by atoms with van der Waals surface area (Å²) in [6.07, 6.45) is 1.94. The summed E-state index contributed by atoms with van der Waals surface area (Å²) in [5.74, 6) is 0.0488. The number of esters is 1. The molecule has 0 saturated carbocycles. The first-order valence-corrected chi connectivity index (χ1v) is 9.01. The van der Waals surface area contributed by atoms with Gasteiger partial charge in [-0.25, -0.2) is 4.79 Å². The minimum absolute atomic E-state index is 0.0990. The molecule has 3 rings (SSSR count). The number of dihydropyridines is 1. The fraction of sp³-hybridized carbons (Fsp3) is 0.429. The molecule has 138 valence electrons. The molecule has 0 bridgehead atoms. The van der Waals surface area contributed by atoms with Crippen LogP contribution in [0, 0.1) is 0 Å². The predicted octanol–water partition coefficient (Wildman–Crippen LogP) is 3.61. The summed E-state index contributed by atoms with van der Waals surface area (Å²) in [5, 5.41) is 3.29. The first kappa shape index (κ1) is 18.2. The van der Waals surface area contributed by atoms with E-state index in [-0.39, 0.29) is 17.9 Å². The number of carbonyl (C=O) groups excluding carboxylic acids is 2. The monoisotopic (exact) mass is 355 g/mol. The van der Waals surface area contributed by atoms with E-state index in [1.165, 1.54) is 0 Å². The highest BCUT2D eigenvalue weighted by Gasteiger charge is 2.39. The average Bonchev–Trinajstić information content (AvgIpc) is 2.60. The Kier molecular flexibility index (Phi) is 5.16. The summed E-state index contributed by atoms with van der Waals surface area (Å²) in [6, 6.07) is 7.53. The molecule has 1 aromatic rings. The van der Waals surface area contributed by atoms with Gasteiger partial charge in [-0.05, 0) is 51.3 Å². The summed E-state index contributed by atoms with van der Waals surface area (Å²) < 4.78 is 10.7. The molecule has 0 spiro atoms. The highest BCUT2D eigenvalue weighted by atomic mass is 16.5. The molecular weight excluding hydrogens is 330 g/mol. The fourth-order valence-electron chi connectivity index (χ4n) is 3.66. The van der Waals surface area contributed by atoms with Crippen molar-refractivity contribution in [2.45, 2.75) is 52.1 Å². The van der Waals surface area contributed by atoms with E-state index in [1.807, 2.05) is 45.0 Å². The molecule has 5 heteroatoms. The van der Waals surface area contributed by atoms with Gasteiger partial charge in [0, 0.05) is 29.3 Å². The smallest absolute Gasteiger partial charge is 0.337 e. The minimum Gasteiger partial charge on any atom is -0.497 e. The third-order valence-electron chi connectivity index (χ3n) is 4.79. The summed E-state index contributed by atoms with van der Waals surface area (Å²) in [6.45, 7) is 5.52. The van der Waals surface area contributed by atoms with Gasteiger partial charge in [0.2, 0.25) is 0 Å². The van der Waals surface area contributed by atoms with E-state index in [2.05, 4.69) is 5.32 Å². The lowest BCUT2D eigenvalue weighted by atomic mass is 9.75. The number of hydrogen-bond donors (Lipinski definition) is 1. The van der Waals surface area contributed by atoms with Crippen LogP contribution in [0.15, 0.2) is 46.8 Å². The van der Waals surface area contributed by atoms with Crippen LogP contribution in [-0.4, -0.2) is 25.0 Å². The Morgan fingerprint density at radius 3 is 2.50 bits per heavy atom. The molecule has 1 aromatic carbocycles. The number of hydrogen-bond acceptors (Lipinski definition) is 5. The summed E-state index contributed by atoms with van der Waals surface area (Å²) in [7, 11) is 1.61. The standard InChI is InChI=1S/C21H25NO4/c1-12(2)26-21(24)18-13(3)22-16-6-5-7-17(23)20(16)19(18)14-8-10-15(25-4)11-9-14/h8-12,19,22H,5-7H2,1-4H3/t19-/m1/s1. The van der Waals surface area contributed by atoms with Gasteiger partial charge < -0.3 is 14.8 Å². The van der Waals surface area contributed by atoms with Gasteiger partial charge in [-0.2, -0.15) is 0 Å². The van der Waals surface area contributed by atoms with Crippen molar-refractivity contribution in [3.8, 4) is 5.75 Å². The van der Waals surface area contributed by atoms with Crippen LogP contribution in [0.25, 0.3) is 0 Å². The zero-order chi connectivity index (χ0) is 18.8. The van der Waals surface area contributed by atoms with Gasteiger partial charge in [0.05, 0.1) is 18.8 Å². The Bertz CT molecular complexity index is 787. The highest BCUT2D eigenvalue weighted by molar-refractivity contribution is 6.03. The minimum atomic E-state index is -0.406. The van der Waals surface area contributed by atoms with Gasteiger partial charge in [-0.1, -0.05) is 12.1 Å². The van der Waals surface area contributed by atoms with Crippen LogP contribution >= 0.6 is 0 Å². The van der Waals surface area contributed by atoms with Crippen molar-refractivity contribution in [2.75, 3.05) is 7.11 Å². The lowest BCUT2D eigenvalue weighted by Crippen LogP contribution is -2.34. The number of ketones is 1. The lowest BCUT2D eigenvalue weighted by Gasteiger charge is -2.34. The first-order valence-electron chi connectivity index (χ1n) is 9.01. The van der Waals surface area contributed by atoms with E-state index in [9.17, 15) is 9.59 Å². The van der Waals surface area contributed by atoms with Crippen LogP contribution in [0.4, 0.5) is 0 Å². The zero-order valence-corrected chi connectivity index (χ0v) is 15.7. The van der Waals surface area contributed by atoms with Crippen molar-refractivity contribution in [1.29, 1.82) is 0 Å². The number of rotatable bonds is 4. The van der Waals surface area contributed by atoms with Gasteiger partial charge in [-0.3, -0.25) is 4.79 Å². The number of benzene rings is 1. The maximum atomic E-state index is 12.8.